The van der Waals surface area contributed by atoms with Crippen LogP contribution in [0.3, 0.4) is 0 Å². The standard InChI is InChI=1S/C11H11NO5S/c13-9-3-6-11(7-9)18(16,17)10-4-1-8(2-5-10)12(14)15/h1-2,4-5,11H,3,6-7H2. The summed E-state index contributed by atoms with van der Waals surface area (Å²) in [5, 5.41) is 9.78. The van der Waals surface area contributed by atoms with Gasteiger partial charge >= 0.3 is 0 Å². The zero-order valence-electron chi connectivity index (χ0n) is 9.40. The Bertz CT molecular complexity index is 590. The summed E-state index contributed by atoms with van der Waals surface area (Å²) in [6.07, 6.45) is 0.661. The number of hydrogen-bond donors (Lipinski definition) is 0. The van der Waals surface area contributed by atoms with Gasteiger partial charge in [-0.2, -0.15) is 0 Å². The number of nitro groups is 1. The van der Waals surface area contributed by atoms with Crippen LogP contribution in [-0.4, -0.2) is 24.4 Å². The van der Waals surface area contributed by atoms with Gasteiger partial charge in [0.2, 0.25) is 0 Å². The van der Waals surface area contributed by atoms with E-state index in [0.29, 0.717) is 6.42 Å². The average Bonchev–Trinajstić information content (AvgIpc) is 2.76. The van der Waals surface area contributed by atoms with Gasteiger partial charge in [0.25, 0.3) is 5.69 Å². The molecular formula is C11H11NO5S. The number of rotatable bonds is 3. The van der Waals surface area contributed by atoms with E-state index in [9.17, 15) is 23.3 Å². The molecule has 1 saturated carbocycles. The summed E-state index contributed by atoms with van der Waals surface area (Å²) in [5.74, 6) is -0.0505. The van der Waals surface area contributed by atoms with Gasteiger partial charge in [0.05, 0.1) is 15.1 Å². The van der Waals surface area contributed by atoms with Crippen molar-refractivity contribution in [3.8, 4) is 0 Å². The lowest BCUT2D eigenvalue weighted by atomic mass is 10.3. The Hall–Kier alpha value is -1.76. The third kappa shape index (κ3) is 2.26. The highest BCUT2D eigenvalue weighted by molar-refractivity contribution is 7.92. The number of Topliss-reactive ketones (excluding diaryl/α,β-unsaturated/α-hetero) is 1. The molecule has 6 nitrogen and oxygen atoms in total. The Balaban J connectivity index is 2.30. The quantitative estimate of drug-likeness (QED) is 0.612. The third-order valence-electron chi connectivity index (χ3n) is 3.02. The largest absolute Gasteiger partial charge is 0.300 e. The zero-order chi connectivity index (χ0) is 13.3. The van der Waals surface area contributed by atoms with Crippen LogP contribution >= 0.6 is 0 Å². The number of hydrogen-bond acceptors (Lipinski definition) is 5. The molecule has 0 bridgehead atoms. The lowest BCUT2D eigenvalue weighted by Crippen LogP contribution is -2.18. The van der Waals surface area contributed by atoms with Gasteiger partial charge in [-0.3, -0.25) is 14.9 Å². The van der Waals surface area contributed by atoms with E-state index >= 15 is 0 Å². The molecule has 0 radical (unpaired) electrons. The maximum atomic E-state index is 12.1. The van der Waals surface area contributed by atoms with Crippen molar-refractivity contribution in [2.24, 2.45) is 0 Å². The number of non-ortho nitro benzene ring substituents is 1. The van der Waals surface area contributed by atoms with Crippen LogP contribution in [0.15, 0.2) is 29.2 Å². The van der Waals surface area contributed by atoms with Crippen molar-refractivity contribution in [2.75, 3.05) is 0 Å². The van der Waals surface area contributed by atoms with Crippen molar-refractivity contribution in [2.45, 2.75) is 29.4 Å². The number of carbonyl (C=O) groups is 1. The molecule has 0 spiro atoms. The first-order valence-electron chi connectivity index (χ1n) is 5.41. The first kappa shape index (κ1) is 12.7. The van der Waals surface area contributed by atoms with Gasteiger partial charge in [0.1, 0.15) is 5.78 Å². The Morgan fingerprint density at radius 1 is 1.22 bits per heavy atom. The third-order valence-corrected chi connectivity index (χ3v) is 5.22. The average molecular weight is 269 g/mol. The molecule has 1 unspecified atom stereocenters. The Labute approximate surface area is 104 Å². The molecule has 1 aromatic rings. The number of nitro benzene ring substituents is 1. The number of benzene rings is 1. The van der Waals surface area contributed by atoms with Crippen molar-refractivity contribution in [3.63, 3.8) is 0 Å². The second kappa shape index (κ2) is 4.49. The van der Waals surface area contributed by atoms with Crippen LogP contribution in [0.1, 0.15) is 19.3 Å². The monoisotopic (exact) mass is 269 g/mol. The second-order valence-electron chi connectivity index (χ2n) is 4.20. The topological polar surface area (TPSA) is 94.3 Å². The van der Waals surface area contributed by atoms with Crippen LogP contribution in [0.25, 0.3) is 0 Å². The zero-order valence-corrected chi connectivity index (χ0v) is 10.2. The molecule has 0 heterocycles. The van der Waals surface area contributed by atoms with Crippen molar-refractivity contribution in [3.05, 3.63) is 34.4 Å². The first-order valence-corrected chi connectivity index (χ1v) is 6.96. The van der Waals surface area contributed by atoms with Gasteiger partial charge in [0, 0.05) is 25.0 Å². The minimum absolute atomic E-state index is 0.0350. The van der Waals surface area contributed by atoms with E-state index in [0.717, 1.165) is 12.1 Å². The minimum Gasteiger partial charge on any atom is -0.300 e. The molecule has 1 aliphatic rings. The van der Waals surface area contributed by atoms with Crippen LogP contribution in [0.2, 0.25) is 0 Å². The van der Waals surface area contributed by atoms with Gasteiger partial charge in [-0.15, -0.1) is 0 Å². The van der Waals surface area contributed by atoms with Crippen molar-refractivity contribution >= 4 is 21.3 Å². The molecule has 2 rings (SSSR count). The summed E-state index contributed by atoms with van der Waals surface area (Å²) in [6, 6.07) is 4.75. The normalized spacial score (nSPS) is 20.0. The van der Waals surface area contributed by atoms with Gasteiger partial charge < -0.3 is 0 Å². The summed E-state index contributed by atoms with van der Waals surface area (Å²) in [7, 11) is -3.56. The van der Waals surface area contributed by atoms with Crippen molar-refractivity contribution < 1.29 is 18.1 Å². The molecule has 1 aromatic carbocycles. The Morgan fingerprint density at radius 3 is 2.28 bits per heavy atom. The maximum Gasteiger partial charge on any atom is 0.269 e. The maximum absolute atomic E-state index is 12.1. The summed E-state index contributed by atoms with van der Waals surface area (Å²) >= 11 is 0. The minimum atomic E-state index is -3.56. The highest BCUT2D eigenvalue weighted by Gasteiger charge is 2.34. The first-order chi connectivity index (χ1) is 8.41. The van der Waals surface area contributed by atoms with Crippen molar-refractivity contribution in [1.82, 2.24) is 0 Å². The highest BCUT2D eigenvalue weighted by atomic mass is 32.2. The molecule has 1 aliphatic carbocycles. The van der Waals surface area contributed by atoms with Gasteiger partial charge in [-0.1, -0.05) is 0 Å². The number of ketones is 1. The van der Waals surface area contributed by atoms with Crippen LogP contribution in [0.4, 0.5) is 5.69 Å². The summed E-state index contributed by atoms with van der Waals surface area (Å²) in [5.41, 5.74) is -0.156. The van der Waals surface area contributed by atoms with E-state index in [2.05, 4.69) is 0 Å². The molecule has 0 saturated heterocycles. The van der Waals surface area contributed by atoms with E-state index in [1.54, 1.807) is 0 Å². The van der Waals surface area contributed by atoms with Crippen molar-refractivity contribution in [1.29, 1.82) is 0 Å². The van der Waals surface area contributed by atoms with E-state index in [4.69, 9.17) is 0 Å². The van der Waals surface area contributed by atoms with Gasteiger partial charge in [-0.25, -0.2) is 8.42 Å². The molecule has 96 valence electrons. The summed E-state index contributed by atoms with van der Waals surface area (Å²) < 4.78 is 24.3. The lowest BCUT2D eigenvalue weighted by molar-refractivity contribution is -0.384. The Kier molecular flexibility index (Phi) is 3.16. The molecule has 0 aliphatic heterocycles. The summed E-state index contributed by atoms with van der Waals surface area (Å²) in [4.78, 5) is 21.0. The molecular weight excluding hydrogens is 258 g/mol. The predicted molar refractivity (Wildman–Crippen MR) is 62.9 cm³/mol. The lowest BCUT2D eigenvalue weighted by Gasteiger charge is -2.09. The molecule has 1 atom stereocenters. The van der Waals surface area contributed by atoms with E-state index in [1.165, 1.54) is 12.1 Å². The van der Waals surface area contributed by atoms with Crippen LogP contribution in [-0.2, 0) is 14.6 Å². The fraction of sp³-hybridized carbons (Fsp3) is 0.364. The number of sulfone groups is 1. The van der Waals surface area contributed by atoms with Crippen LogP contribution in [0.5, 0.6) is 0 Å². The predicted octanol–water partition coefficient (Wildman–Crippen LogP) is 1.49. The smallest absolute Gasteiger partial charge is 0.269 e. The molecule has 0 amide bonds. The van der Waals surface area contributed by atoms with E-state index in [1.807, 2.05) is 0 Å². The fourth-order valence-corrected chi connectivity index (χ4v) is 3.73. The SMILES string of the molecule is O=C1CCC(S(=O)(=O)c2ccc([N+](=O)[O-])cc2)C1. The van der Waals surface area contributed by atoms with Crippen LogP contribution < -0.4 is 0 Å². The fourth-order valence-electron chi connectivity index (χ4n) is 1.99. The molecule has 0 aromatic heterocycles. The molecule has 0 N–H and O–H groups in total. The van der Waals surface area contributed by atoms with Crippen LogP contribution in [0, 0.1) is 10.1 Å². The Morgan fingerprint density at radius 2 is 1.83 bits per heavy atom. The molecule has 7 heteroatoms. The van der Waals surface area contributed by atoms with Gasteiger partial charge in [0.15, 0.2) is 9.84 Å². The summed E-state index contributed by atoms with van der Waals surface area (Å²) in [6.45, 7) is 0. The van der Waals surface area contributed by atoms with E-state index < -0.39 is 20.0 Å². The van der Waals surface area contributed by atoms with Gasteiger partial charge in [-0.05, 0) is 18.6 Å². The number of carbonyl (C=O) groups excluding carboxylic acids is 1. The number of nitrogens with zero attached hydrogens (tertiary/aromatic N) is 1. The second-order valence-corrected chi connectivity index (χ2v) is 6.43. The molecule has 18 heavy (non-hydrogen) atoms. The highest BCUT2D eigenvalue weighted by Crippen LogP contribution is 2.28. The molecule has 1 fully saturated rings. The van der Waals surface area contributed by atoms with E-state index in [-0.39, 0.29) is 29.2 Å².